The van der Waals surface area contributed by atoms with Gasteiger partial charge in [-0.05, 0) is 49.1 Å². The van der Waals surface area contributed by atoms with Gasteiger partial charge in [-0.25, -0.2) is 9.78 Å². The first-order valence-corrected chi connectivity index (χ1v) is 10.9. The lowest BCUT2D eigenvalue weighted by Crippen LogP contribution is -2.24. The maximum absolute atomic E-state index is 12.6. The zero-order chi connectivity index (χ0) is 20.8. The number of anilines is 1. The van der Waals surface area contributed by atoms with Crippen LogP contribution in [0.25, 0.3) is 10.6 Å². The molecule has 0 aliphatic carbocycles. The molecule has 0 fully saturated rings. The molecule has 1 atom stereocenters. The molecule has 6 nitrogen and oxygen atoms in total. The third-order valence-corrected chi connectivity index (χ3v) is 5.64. The van der Waals surface area contributed by atoms with Crippen LogP contribution in [0.15, 0.2) is 46.5 Å². The van der Waals surface area contributed by atoms with Gasteiger partial charge < -0.3 is 10.1 Å². The van der Waals surface area contributed by atoms with E-state index in [2.05, 4.69) is 10.3 Å². The lowest BCUT2D eigenvalue weighted by atomic mass is 10.1. The quantitative estimate of drug-likeness (QED) is 0.401. The number of nitrogens with one attached hydrogen (secondary N) is 1. The number of amides is 1. The summed E-state index contributed by atoms with van der Waals surface area (Å²) in [5, 5.41) is 9.02. The molecule has 0 saturated heterocycles. The standard InChI is InChI=1S/C21H20N2O4S2/c1-3-4-18(24)22-16-7-5-14(6-8-16)19(25)13(2)27-21(26)17-12-29-20(23-17)15-9-10-28-11-15/h5-13H,3-4H2,1-2H3,(H,22,24). The number of rotatable bonds is 8. The Morgan fingerprint density at radius 2 is 1.90 bits per heavy atom. The molecule has 0 spiro atoms. The number of hydrogen-bond acceptors (Lipinski definition) is 7. The highest BCUT2D eigenvalue weighted by Crippen LogP contribution is 2.26. The van der Waals surface area contributed by atoms with E-state index >= 15 is 0 Å². The van der Waals surface area contributed by atoms with Gasteiger partial charge in [0.05, 0.1) is 0 Å². The summed E-state index contributed by atoms with van der Waals surface area (Å²) < 4.78 is 5.30. The number of carbonyl (C=O) groups excluding carboxylic acids is 3. The Morgan fingerprint density at radius 3 is 2.55 bits per heavy atom. The zero-order valence-corrected chi connectivity index (χ0v) is 17.6. The van der Waals surface area contributed by atoms with E-state index in [1.54, 1.807) is 41.0 Å². The van der Waals surface area contributed by atoms with Crippen molar-refractivity contribution in [2.24, 2.45) is 0 Å². The largest absolute Gasteiger partial charge is 0.450 e. The zero-order valence-electron chi connectivity index (χ0n) is 16.0. The molecular weight excluding hydrogens is 408 g/mol. The Labute approximate surface area is 176 Å². The Hall–Kier alpha value is -2.84. The Bertz CT molecular complexity index is 994. The third kappa shape index (κ3) is 5.36. The predicted molar refractivity (Wildman–Crippen MR) is 115 cm³/mol. The van der Waals surface area contributed by atoms with Crippen molar-refractivity contribution in [1.82, 2.24) is 4.98 Å². The van der Waals surface area contributed by atoms with Crippen LogP contribution in [0.2, 0.25) is 0 Å². The van der Waals surface area contributed by atoms with Crippen LogP contribution in [0, 0.1) is 0 Å². The summed E-state index contributed by atoms with van der Waals surface area (Å²) in [5.74, 6) is -1.02. The van der Waals surface area contributed by atoms with Crippen LogP contribution >= 0.6 is 22.7 Å². The van der Waals surface area contributed by atoms with Crippen LogP contribution in [0.4, 0.5) is 5.69 Å². The second-order valence-electron chi connectivity index (χ2n) is 6.34. The first kappa shape index (κ1) is 20.9. The first-order chi connectivity index (χ1) is 14.0. The maximum Gasteiger partial charge on any atom is 0.358 e. The summed E-state index contributed by atoms with van der Waals surface area (Å²) in [4.78, 5) is 40.8. The van der Waals surface area contributed by atoms with E-state index in [1.165, 1.54) is 18.3 Å². The van der Waals surface area contributed by atoms with Crippen molar-refractivity contribution < 1.29 is 19.1 Å². The smallest absolute Gasteiger partial charge is 0.358 e. The third-order valence-electron chi connectivity index (χ3n) is 4.06. The molecule has 150 valence electrons. The normalized spacial score (nSPS) is 11.7. The lowest BCUT2D eigenvalue weighted by molar-refractivity contribution is -0.116. The molecule has 3 rings (SSSR count). The second-order valence-corrected chi connectivity index (χ2v) is 7.98. The van der Waals surface area contributed by atoms with Crippen molar-refractivity contribution in [2.75, 3.05) is 5.32 Å². The number of Topliss-reactive ketones (excluding diaryl/α,β-unsaturated/α-hetero) is 1. The number of ether oxygens (including phenoxy) is 1. The number of benzene rings is 1. The average Bonchev–Trinajstić information content (AvgIpc) is 3.39. The van der Waals surface area contributed by atoms with Crippen molar-refractivity contribution in [3.05, 3.63) is 57.7 Å². The van der Waals surface area contributed by atoms with Crippen molar-refractivity contribution in [3.8, 4) is 10.6 Å². The summed E-state index contributed by atoms with van der Waals surface area (Å²) in [6.45, 7) is 3.46. The molecule has 0 bridgehead atoms. The van der Waals surface area contributed by atoms with Crippen molar-refractivity contribution in [2.45, 2.75) is 32.8 Å². The minimum atomic E-state index is -0.950. The van der Waals surface area contributed by atoms with Crippen molar-refractivity contribution in [3.63, 3.8) is 0 Å². The predicted octanol–water partition coefficient (Wildman–Crippen LogP) is 5.04. The lowest BCUT2D eigenvalue weighted by Gasteiger charge is -2.12. The molecule has 2 aromatic heterocycles. The molecule has 3 aromatic rings. The maximum atomic E-state index is 12.6. The monoisotopic (exact) mass is 428 g/mol. The van der Waals surface area contributed by atoms with Gasteiger partial charge in [0.2, 0.25) is 11.7 Å². The van der Waals surface area contributed by atoms with Crippen LogP contribution in [0.5, 0.6) is 0 Å². The molecule has 0 radical (unpaired) electrons. The van der Waals surface area contributed by atoms with Crippen LogP contribution in [-0.2, 0) is 9.53 Å². The molecule has 8 heteroatoms. The molecule has 1 unspecified atom stereocenters. The highest BCUT2D eigenvalue weighted by Gasteiger charge is 2.22. The van der Waals surface area contributed by atoms with E-state index in [0.717, 1.165) is 17.0 Å². The van der Waals surface area contributed by atoms with Gasteiger partial charge in [-0.1, -0.05) is 6.92 Å². The molecule has 29 heavy (non-hydrogen) atoms. The number of aromatic nitrogens is 1. The Morgan fingerprint density at radius 1 is 1.14 bits per heavy atom. The molecule has 2 heterocycles. The number of thiophene rings is 1. The van der Waals surface area contributed by atoms with Gasteiger partial charge in [0.25, 0.3) is 0 Å². The van der Waals surface area contributed by atoms with E-state index in [0.29, 0.717) is 17.7 Å². The number of nitrogens with zero attached hydrogens (tertiary/aromatic N) is 1. The topological polar surface area (TPSA) is 85.4 Å². The molecular formula is C21H20N2O4S2. The number of ketones is 1. The van der Waals surface area contributed by atoms with Gasteiger partial charge in [-0.15, -0.1) is 11.3 Å². The van der Waals surface area contributed by atoms with Crippen LogP contribution in [-0.4, -0.2) is 28.7 Å². The van der Waals surface area contributed by atoms with E-state index in [4.69, 9.17) is 4.74 Å². The van der Waals surface area contributed by atoms with E-state index < -0.39 is 12.1 Å². The van der Waals surface area contributed by atoms with Gasteiger partial charge in [-0.3, -0.25) is 9.59 Å². The van der Waals surface area contributed by atoms with E-state index in [1.807, 2.05) is 23.8 Å². The van der Waals surface area contributed by atoms with Gasteiger partial charge in [0.15, 0.2) is 11.8 Å². The summed E-state index contributed by atoms with van der Waals surface area (Å²) in [6.07, 6.45) is 0.256. The molecule has 1 amide bonds. The average molecular weight is 429 g/mol. The van der Waals surface area contributed by atoms with Gasteiger partial charge in [-0.2, -0.15) is 11.3 Å². The number of carbonyl (C=O) groups is 3. The SMILES string of the molecule is CCCC(=O)Nc1ccc(C(=O)C(C)OC(=O)c2csc(-c3ccsc3)n2)cc1. The van der Waals surface area contributed by atoms with Crippen LogP contribution in [0.1, 0.15) is 47.5 Å². The summed E-state index contributed by atoms with van der Waals surface area (Å²) in [7, 11) is 0. The molecule has 1 N–H and O–H groups in total. The Kier molecular flexibility index (Phi) is 6.90. The first-order valence-electron chi connectivity index (χ1n) is 9.11. The van der Waals surface area contributed by atoms with Crippen LogP contribution in [0.3, 0.4) is 0 Å². The fraction of sp³-hybridized carbons (Fsp3) is 0.238. The van der Waals surface area contributed by atoms with Crippen molar-refractivity contribution in [1.29, 1.82) is 0 Å². The number of hydrogen-bond donors (Lipinski definition) is 1. The van der Waals surface area contributed by atoms with Gasteiger partial charge in [0, 0.05) is 34.0 Å². The molecule has 1 aromatic carbocycles. The minimum absolute atomic E-state index is 0.0704. The van der Waals surface area contributed by atoms with E-state index in [-0.39, 0.29) is 17.4 Å². The number of thiazole rings is 1. The highest BCUT2D eigenvalue weighted by atomic mass is 32.1. The van der Waals surface area contributed by atoms with Crippen LogP contribution < -0.4 is 5.32 Å². The van der Waals surface area contributed by atoms with Crippen molar-refractivity contribution >= 4 is 46.0 Å². The molecule has 0 aliphatic heterocycles. The summed E-state index contributed by atoms with van der Waals surface area (Å²) in [6, 6.07) is 8.45. The number of esters is 1. The Balaban J connectivity index is 1.60. The molecule has 0 saturated carbocycles. The minimum Gasteiger partial charge on any atom is -0.450 e. The van der Waals surface area contributed by atoms with E-state index in [9.17, 15) is 14.4 Å². The summed E-state index contributed by atoms with van der Waals surface area (Å²) in [5.41, 5.74) is 2.16. The summed E-state index contributed by atoms with van der Waals surface area (Å²) >= 11 is 2.91. The fourth-order valence-electron chi connectivity index (χ4n) is 2.56. The van der Waals surface area contributed by atoms with Gasteiger partial charge >= 0.3 is 5.97 Å². The highest BCUT2D eigenvalue weighted by molar-refractivity contribution is 7.14. The fourth-order valence-corrected chi connectivity index (χ4v) is 4.07. The van der Waals surface area contributed by atoms with Gasteiger partial charge in [0.1, 0.15) is 5.01 Å². The molecule has 0 aliphatic rings. The second kappa shape index (κ2) is 9.58.